The minimum Gasteiger partial charge on any atom is -0.375 e. The standard InChI is InChI=1S/C19H23N3O4/c1-25-11-17(23)21-9-15-5-6-19(26-10-15)12-22(13-19)18(24)16-4-2-3-14(7-16)8-20/h2-4,7,15H,5-6,9-13H2,1H3,(H,21,23)/t15-/m0/s1. The maximum Gasteiger partial charge on any atom is 0.254 e. The normalized spacial score (nSPS) is 20.9. The molecule has 2 amide bonds. The molecule has 2 heterocycles. The van der Waals surface area contributed by atoms with E-state index in [1.165, 1.54) is 7.11 Å². The number of hydrogen-bond acceptors (Lipinski definition) is 5. The van der Waals surface area contributed by atoms with Crippen LogP contribution < -0.4 is 5.32 Å². The summed E-state index contributed by atoms with van der Waals surface area (Å²) in [6.07, 6.45) is 1.83. The molecule has 0 aliphatic carbocycles. The molecule has 2 aliphatic heterocycles. The second-order valence-electron chi connectivity index (χ2n) is 6.99. The van der Waals surface area contributed by atoms with Crippen molar-refractivity contribution in [3.8, 4) is 6.07 Å². The summed E-state index contributed by atoms with van der Waals surface area (Å²) in [6.45, 7) is 2.39. The topological polar surface area (TPSA) is 91.7 Å². The van der Waals surface area contributed by atoms with Gasteiger partial charge in [0.05, 0.1) is 31.3 Å². The van der Waals surface area contributed by atoms with E-state index in [1.54, 1.807) is 29.2 Å². The van der Waals surface area contributed by atoms with Crippen molar-refractivity contribution in [1.82, 2.24) is 10.2 Å². The fourth-order valence-electron chi connectivity index (χ4n) is 3.47. The molecule has 138 valence electrons. The summed E-state index contributed by atoms with van der Waals surface area (Å²) in [5.41, 5.74) is 0.766. The molecule has 1 N–H and O–H groups in total. The fraction of sp³-hybridized carbons (Fsp3) is 0.526. The summed E-state index contributed by atoms with van der Waals surface area (Å²) in [6, 6.07) is 8.81. The van der Waals surface area contributed by atoms with Gasteiger partial charge in [0, 0.05) is 19.2 Å². The number of benzene rings is 1. The number of nitrogens with one attached hydrogen (secondary N) is 1. The van der Waals surface area contributed by atoms with Gasteiger partial charge in [-0.05, 0) is 37.0 Å². The van der Waals surface area contributed by atoms with Gasteiger partial charge in [-0.3, -0.25) is 9.59 Å². The zero-order valence-corrected chi connectivity index (χ0v) is 14.9. The van der Waals surface area contributed by atoms with E-state index in [4.69, 9.17) is 14.7 Å². The maximum atomic E-state index is 12.5. The first-order chi connectivity index (χ1) is 12.5. The van der Waals surface area contributed by atoms with Crippen LogP contribution >= 0.6 is 0 Å². The van der Waals surface area contributed by atoms with Crippen LogP contribution in [0.25, 0.3) is 0 Å². The van der Waals surface area contributed by atoms with Crippen molar-refractivity contribution in [3.05, 3.63) is 35.4 Å². The molecule has 7 heteroatoms. The first-order valence-electron chi connectivity index (χ1n) is 8.74. The van der Waals surface area contributed by atoms with E-state index < -0.39 is 0 Å². The Bertz CT molecular complexity index is 712. The second kappa shape index (κ2) is 7.85. The Hall–Kier alpha value is -2.43. The smallest absolute Gasteiger partial charge is 0.254 e. The van der Waals surface area contributed by atoms with Crippen LogP contribution in [0.5, 0.6) is 0 Å². The van der Waals surface area contributed by atoms with Gasteiger partial charge in [0.2, 0.25) is 5.91 Å². The van der Waals surface area contributed by atoms with Gasteiger partial charge in [-0.2, -0.15) is 5.26 Å². The van der Waals surface area contributed by atoms with Gasteiger partial charge < -0.3 is 19.7 Å². The third kappa shape index (κ3) is 4.03. The van der Waals surface area contributed by atoms with Gasteiger partial charge in [0.1, 0.15) is 12.2 Å². The lowest BCUT2D eigenvalue weighted by molar-refractivity contribution is -0.166. The van der Waals surface area contributed by atoms with Gasteiger partial charge in [-0.25, -0.2) is 0 Å². The van der Waals surface area contributed by atoms with Gasteiger partial charge >= 0.3 is 0 Å². The number of nitrogens with zero attached hydrogens (tertiary/aromatic N) is 2. The lowest BCUT2D eigenvalue weighted by Gasteiger charge is -2.52. The van der Waals surface area contributed by atoms with Crippen LogP contribution in [-0.4, -0.2) is 62.3 Å². The summed E-state index contributed by atoms with van der Waals surface area (Å²) in [5, 5.41) is 11.8. The van der Waals surface area contributed by atoms with E-state index in [1.807, 2.05) is 0 Å². The highest BCUT2D eigenvalue weighted by Gasteiger charge is 2.48. The molecule has 1 atom stereocenters. The zero-order chi connectivity index (χ0) is 18.6. The minimum absolute atomic E-state index is 0.0646. The van der Waals surface area contributed by atoms with Crippen LogP contribution in [0.3, 0.4) is 0 Å². The Balaban J connectivity index is 1.45. The molecular formula is C19H23N3O4. The third-order valence-corrected chi connectivity index (χ3v) is 4.98. The Morgan fingerprint density at radius 1 is 1.46 bits per heavy atom. The van der Waals surface area contributed by atoms with E-state index >= 15 is 0 Å². The molecule has 1 aromatic carbocycles. The Labute approximate surface area is 152 Å². The highest BCUT2D eigenvalue weighted by Crippen LogP contribution is 2.36. The number of ether oxygens (including phenoxy) is 2. The molecule has 3 rings (SSSR count). The summed E-state index contributed by atoms with van der Waals surface area (Å²) in [4.78, 5) is 25.7. The maximum absolute atomic E-state index is 12.5. The van der Waals surface area contributed by atoms with Crippen LogP contribution in [0.4, 0.5) is 0 Å². The number of carbonyl (C=O) groups excluding carboxylic acids is 2. The first-order valence-corrected chi connectivity index (χ1v) is 8.74. The Kier molecular flexibility index (Phi) is 5.55. The quantitative estimate of drug-likeness (QED) is 0.847. The molecular weight excluding hydrogens is 334 g/mol. The molecule has 2 aliphatic rings. The Morgan fingerprint density at radius 2 is 2.27 bits per heavy atom. The van der Waals surface area contributed by atoms with Crippen LogP contribution in [0.2, 0.25) is 0 Å². The molecule has 1 aromatic rings. The molecule has 0 unspecified atom stereocenters. The van der Waals surface area contributed by atoms with Gasteiger partial charge in [0.25, 0.3) is 5.91 Å². The highest BCUT2D eigenvalue weighted by atomic mass is 16.5. The van der Waals surface area contributed by atoms with E-state index in [0.29, 0.717) is 43.3 Å². The summed E-state index contributed by atoms with van der Waals surface area (Å²) in [7, 11) is 1.49. The monoisotopic (exact) mass is 357 g/mol. The predicted molar refractivity (Wildman–Crippen MR) is 93.4 cm³/mol. The van der Waals surface area contributed by atoms with Gasteiger partial charge in [-0.15, -0.1) is 0 Å². The summed E-state index contributed by atoms with van der Waals surface area (Å²) in [5.74, 6) is 0.108. The van der Waals surface area contributed by atoms with E-state index in [-0.39, 0.29) is 24.0 Å². The summed E-state index contributed by atoms with van der Waals surface area (Å²) >= 11 is 0. The van der Waals surface area contributed by atoms with E-state index in [2.05, 4.69) is 11.4 Å². The number of likely N-dealkylation sites (tertiary alicyclic amines) is 1. The number of nitriles is 1. The van der Waals surface area contributed by atoms with Crippen molar-refractivity contribution < 1.29 is 19.1 Å². The molecule has 26 heavy (non-hydrogen) atoms. The van der Waals surface area contributed by atoms with Crippen molar-refractivity contribution in [2.75, 3.05) is 40.0 Å². The van der Waals surface area contributed by atoms with Crippen molar-refractivity contribution in [3.63, 3.8) is 0 Å². The average Bonchev–Trinajstić information content (AvgIpc) is 2.64. The molecule has 2 saturated heterocycles. The van der Waals surface area contributed by atoms with Crippen LogP contribution in [-0.2, 0) is 14.3 Å². The van der Waals surface area contributed by atoms with Crippen molar-refractivity contribution in [2.24, 2.45) is 5.92 Å². The van der Waals surface area contributed by atoms with Crippen LogP contribution in [0, 0.1) is 17.2 Å². The second-order valence-corrected chi connectivity index (χ2v) is 6.99. The molecule has 7 nitrogen and oxygen atoms in total. The largest absolute Gasteiger partial charge is 0.375 e. The summed E-state index contributed by atoms with van der Waals surface area (Å²) < 4.78 is 10.8. The Morgan fingerprint density at radius 3 is 2.92 bits per heavy atom. The number of amides is 2. The molecule has 0 saturated carbocycles. The minimum atomic E-state index is -0.254. The van der Waals surface area contributed by atoms with Gasteiger partial charge in [0.15, 0.2) is 0 Å². The van der Waals surface area contributed by atoms with Gasteiger partial charge in [-0.1, -0.05) is 6.07 Å². The molecule has 1 spiro atoms. The number of methoxy groups -OCH3 is 1. The van der Waals surface area contributed by atoms with Crippen molar-refractivity contribution >= 4 is 11.8 Å². The van der Waals surface area contributed by atoms with E-state index in [9.17, 15) is 9.59 Å². The number of hydrogen-bond donors (Lipinski definition) is 1. The molecule has 0 radical (unpaired) electrons. The number of rotatable bonds is 5. The predicted octanol–water partition coefficient (Wildman–Crippen LogP) is 0.942. The molecule has 2 fully saturated rings. The van der Waals surface area contributed by atoms with Crippen molar-refractivity contribution in [1.29, 1.82) is 5.26 Å². The zero-order valence-electron chi connectivity index (χ0n) is 14.9. The molecule has 0 bridgehead atoms. The van der Waals surface area contributed by atoms with Crippen LogP contribution in [0.15, 0.2) is 24.3 Å². The lowest BCUT2D eigenvalue weighted by Crippen LogP contribution is -2.66. The lowest BCUT2D eigenvalue weighted by atomic mass is 9.82. The SMILES string of the molecule is COCC(=O)NC[C@@H]1CCC2(CN(C(=O)c3cccc(C#N)c3)C2)OC1. The van der Waals surface area contributed by atoms with Crippen LogP contribution in [0.1, 0.15) is 28.8 Å². The van der Waals surface area contributed by atoms with E-state index in [0.717, 1.165) is 12.8 Å². The molecule has 0 aromatic heterocycles. The fourth-order valence-corrected chi connectivity index (χ4v) is 3.47. The third-order valence-electron chi connectivity index (χ3n) is 4.98. The highest BCUT2D eigenvalue weighted by molar-refractivity contribution is 5.95. The number of carbonyl (C=O) groups is 2. The van der Waals surface area contributed by atoms with Crippen molar-refractivity contribution in [2.45, 2.75) is 18.4 Å². The average molecular weight is 357 g/mol. The first kappa shape index (κ1) is 18.4.